The molecule has 114 valence electrons. The topological polar surface area (TPSA) is 53.4 Å². The summed E-state index contributed by atoms with van der Waals surface area (Å²) in [6, 6.07) is 0.112. The Bertz CT molecular complexity index is 415. The minimum Gasteiger partial charge on any atom is -0.336 e. The molecule has 1 rings (SSSR count). The highest BCUT2D eigenvalue weighted by atomic mass is 16.2. The van der Waals surface area contributed by atoms with Crippen LogP contribution in [0.15, 0.2) is 12.4 Å². The van der Waals surface area contributed by atoms with Crippen LogP contribution in [0.4, 0.5) is 4.79 Å². The number of carbonyl (C=O) groups is 1. The highest BCUT2D eigenvalue weighted by Crippen LogP contribution is 2.16. The van der Waals surface area contributed by atoms with E-state index in [0.29, 0.717) is 6.54 Å². The van der Waals surface area contributed by atoms with E-state index in [4.69, 9.17) is 0 Å². The average molecular weight is 281 g/mol. The largest absolute Gasteiger partial charge is 0.336 e. The van der Waals surface area contributed by atoms with Gasteiger partial charge in [-0.05, 0) is 20.5 Å². The SMILES string of the molecule is CCCCN(C)C(=O)NC[C@@H](c1cnn(C)c1)N(C)C. The molecule has 1 aromatic heterocycles. The summed E-state index contributed by atoms with van der Waals surface area (Å²) in [6.07, 6.45) is 5.95. The van der Waals surface area contributed by atoms with Gasteiger partial charge in [-0.3, -0.25) is 4.68 Å². The Kier molecular flexibility index (Phi) is 6.51. The van der Waals surface area contributed by atoms with Crippen LogP contribution in [0.2, 0.25) is 0 Å². The van der Waals surface area contributed by atoms with E-state index in [1.54, 1.807) is 9.58 Å². The van der Waals surface area contributed by atoms with E-state index in [1.807, 2.05) is 40.6 Å². The molecule has 0 spiro atoms. The first kappa shape index (κ1) is 16.5. The van der Waals surface area contributed by atoms with Crippen LogP contribution >= 0.6 is 0 Å². The fourth-order valence-electron chi connectivity index (χ4n) is 2.03. The van der Waals surface area contributed by atoms with Crippen molar-refractivity contribution in [2.75, 3.05) is 34.2 Å². The second-order valence-electron chi connectivity index (χ2n) is 5.39. The predicted octanol–water partition coefficient (Wildman–Crippen LogP) is 1.46. The number of hydrogen-bond donors (Lipinski definition) is 1. The van der Waals surface area contributed by atoms with Crippen LogP contribution in [-0.4, -0.2) is 59.8 Å². The van der Waals surface area contributed by atoms with Crippen molar-refractivity contribution in [3.8, 4) is 0 Å². The number of unbranched alkanes of at least 4 members (excludes halogenated alkanes) is 1. The van der Waals surface area contributed by atoms with Crippen LogP contribution in [0.3, 0.4) is 0 Å². The fourth-order valence-corrected chi connectivity index (χ4v) is 2.03. The van der Waals surface area contributed by atoms with Crippen molar-refractivity contribution in [3.05, 3.63) is 18.0 Å². The van der Waals surface area contributed by atoms with Crippen LogP contribution in [-0.2, 0) is 7.05 Å². The maximum atomic E-state index is 12.0. The van der Waals surface area contributed by atoms with E-state index in [2.05, 4.69) is 22.2 Å². The monoisotopic (exact) mass is 281 g/mol. The molecular weight excluding hydrogens is 254 g/mol. The molecule has 0 unspecified atom stereocenters. The maximum Gasteiger partial charge on any atom is 0.317 e. The van der Waals surface area contributed by atoms with Gasteiger partial charge in [0, 0.05) is 38.9 Å². The predicted molar refractivity (Wildman–Crippen MR) is 80.6 cm³/mol. The van der Waals surface area contributed by atoms with Crippen LogP contribution in [0.1, 0.15) is 31.4 Å². The van der Waals surface area contributed by atoms with E-state index in [9.17, 15) is 4.79 Å². The summed E-state index contributed by atoms with van der Waals surface area (Å²) in [5, 5.41) is 7.18. The number of carbonyl (C=O) groups excluding carboxylic acids is 1. The molecule has 6 heteroatoms. The van der Waals surface area contributed by atoms with Gasteiger partial charge in [0.15, 0.2) is 0 Å². The molecule has 0 fully saturated rings. The lowest BCUT2D eigenvalue weighted by atomic mass is 10.1. The van der Waals surface area contributed by atoms with Crippen LogP contribution < -0.4 is 5.32 Å². The molecule has 0 aliphatic heterocycles. The summed E-state index contributed by atoms with van der Waals surface area (Å²) in [4.78, 5) is 15.8. The van der Waals surface area contributed by atoms with Gasteiger partial charge in [-0.1, -0.05) is 13.3 Å². The zero-order valence-corrected chi connectivity index (χ0v) is 13.3. The van der Waals surface area contributed by atoms with Crippen molar-refractivity contribution >= 4 is 6.03 Å². The minimum atomic E-state index is -0.0193. The third kappa shape index (κ3) is 4.85. The van der Waals surface area contributed by atoms with E-state index >= 15 is 0 Å². The lowest BCUT2D eigenvalue weighted by Gasteiger charge is -2.25. The first-order chi connectivity index (χ1) is 9.45. The molecule has 1 aromatic rings. The summed E-state index contributed by atoms with van der Waals surface area (Å²) < 4.78 is 1.78. The first-order valence-electron chi connectivity index (χ1n) is 7.09. The van der Waals surface area contributed by atoms with Crippen molar-refractivity contribution in [1.29, 1.82) is 0 Å². The van der Waals surface area contributed by atoms with E-state index in [-0.39, 0.29) is 12.1 Å². The third-order valence-corrected chi connectivity index (χ3v) is 3.37. The Balaban J connectivity index is 2.53. The average Bonchev–Trinajstić information content (AvgIpc) is 2.81. The minimum absolute atomic E-state index is 0.0193. The standard InChI is InChI=1S/C14H27N5O/c1-6-7-8-18(4)14(20)15-10-13(17(2)3)12-9-16-19(5)11-12/h9,11,13H,6-8,10H2,1-5H3,(H,15,20)/t13-/m0/s1. The molecule has 0 aliphatic rings. The second kappa shape index (κ2) is 7.89. The van der Waals surface area contributed by atoms with Gasteiger partial charge >= 0.3 is 6.03 Å². The van der Waals surface area contributed by atoms with Crippen molar-refractivity contribution < 1.29 is 4.79 Å². The number of rotatable bonds is 7. The number of nitrogens with zero attached hydrogens (tertiary/aromatic N) is 4. The molecule has 0 aliphatic carbocycles. The zero-order chi connectivity index (χ0) is 15.1. The zero-order valence-electron chi connectivity index (χ0n) is 13.3. The summed E-state index contributed by atoms with van der Waals surface area (Å²) in [6.45, 7) is 3.49. The van der Waals surface area contributed by atoms with Gasteiger partial charge in [0.2, 0.25) is 0 Å². The van der Waals surface area contributed by atoms with Crippen LogP contribution in [0, 0.1) is 0 Å². The molecule has 0 aromatic carbocycles. The van der Waals surface area contributed by atoms with Gasteiger partial charge in [-0.25, -0.2) is 4.79 Å². The fraction of sp³-hybridized carbons (Fsp3) is 0.714. The highest BCUT2D eigenvalue weighted by Gasteiger charge is 2.17. The van der Waals surface area contributed by atoms with Gasteiger partial charge in [0.25, 0.3) is 0 Å². The van der Waals surface area contributed by atoms with Gasteiger partial charge in [0.1, 0.15) is 0 Å². The Morgan fingerprint density at radius 1 is 1.45 bits per heavy atom. The number of hydrogen-bond acceptors (Lipinski definition) is 3. The molecule has 1 N–H and O–H groups in total. The summed E-state index contributed by atoms with van der Waals surface area (Å²) >= 11 is 0. The van der Waals surface area contributed by atoms with Crippen molar-refractivity contribution in [2.24, 2.45) is 7.05 Å². The molecule has 0 bridgehead atoms. The molecule has 6 nitrogen and oxygen atoms in total. The second-order valence-corrected chi connectivity index (χ2v) is 5.39. The van der Waals surface area contributed by atoms with E-state index < -0.39 is 0 Å². The number of amides is 2. The molecule has 1 atom stereocenters. The lowest BCUT2D eigenvalue weighted by molar-refractivity contribution is 0.202. The Morgan fingerprint density at radius 2 is 2.15 bits per heavy atom. The van der Waals surface area contributed by atoms with Gasteiger partial charge in [0.05, 0.1) is 12.2 Å². The van der Waals surface area contributed by atoms with Crippen molar-refractivity contribution in [1.82, 2.24) is 24.9 Å². The summed E-state index contributed by atoms with van der Waals surface area (Å²) in [5.74, 6) is 0. The van der Waals surface area contributed by atoms with Gasteiger partial charge < -0.3 is 15.1 Å². The first-order valence-corrected chi connectivity index (χ1v) is 7.09. The van der Waals surface area contributed by atoms with E-state index in [1.165, 1.54) is 0 Å². The molecule has 0 saturated heterocycles. The van der Waals surface area contributed by atoms with Crippen molar-refractivity contribution in [2.45, 2.75) is 25.8 Å². The summed E-state index contributed by atoms with van der Waals surface area (Å²) in [7, 11) is 7.74. The van der Waals surface area contributed by atoms with E-state index in [0.717, 1.165) is 24.9 Å². The van der Waals surface area contributed by atoms with Gasteiger partial charge in [-0.2, -0.15) is 5.10 Å². The molecule has 20 heavy (non-hydrogen) atoms. The molecule has 2 amide bonds. The Labute approximate surface area is 121 Å². The highest BCUT2D eigenvalue weighted by molar-refractivity contribution is 5.73. The number of aryl methyl sites for hydroxylation is 1. The number of aromatic nitrogens is 2. The molecule has 0 saturated carbocycles. The quantitative estimate of drug-likeness (QED) is 0.823. The third-order valence-electron chi connectivity index (χ3n) is 3.37. The number of urea groups is 1. The summed E-state index contributed by atoms with van der Waals surface area (Å²) in [5.41, 5.74) is 1.11. The maximum absolute atomic E-state index is 12.0. The number of likely N-dealkylation sites (N-methyl/N-ethyl adjacent to an activating group) is 1. The number of nitrogens with one attached hydrogen (secondary N) is 1. The Morgan fingerprint density at radius 3 is 2.65 bits per heavy atom. The van der Waals surface area contributed by atoms with Crippen LogP contribution in [0.5, 0.6) is 0 Å². The molecule has 0 radical (unpaired) electrons. The normalized spacial score (nSPS) is 12.5. The smallest absolute Gasteiger partial charge is 0.317 e. The molecular formula is C14H27N5O. The Hall–Kier alpha value is -1.56. The molecule has 1 heterocycles. The lowest BCUT2D eigenvalue weighted by Crippen LogP contribution is -2.41. The van der Waals surface area contributed by atoms with Gasteiger partial charge in [-0.15, -0.1) is 0 Å². The van der Waals surface area contributed by atoms with Crippen molar-refractivity contribution in [3.63, 3.8) is 0 Å². The van der Waals surface area contributed by atoms with Crippen LogP contribution in [0.25, 0.3) is 0 Å².